The van der Waals surface area contributed by atoms with E-state index < -0.39 is 12.1 Å². The zero-order chi connectivity index (χ0) is 19.3. The third-order valence-corrected chi connectivity index (χ3v) is 3.84. The van der Waals surface area contributed by atoms with Crippen LogP contribution < -0.4 is 10.6 Å². The molecule has 1 aliphatic rings. The van der Waals surface area contributed by atoms with E-state index in [-0.39, 0.29) is 6.03 Å². The molecule has 0 bridgehead atoms. The molecule has 1 fully saturated rings. The number of carboxylic acid groups (broad SMARTS) is 1. The van der Waals surface area contributed by atoms with Crippen LogP contribution in [0.3, 0.4) is 0 Å². The second kappa shape index (κ2) is 8.12. The van der Waals surface area contributed by atoms with Gasteiger partial charge in [0.05, 0.1) is 18.6 Å². The number of carboxylic acids is 1. The normalized spacial score (nSPS) is 13.5. The molecule has 2 aromatic rings. The van der Waals surface area contributed by atoms with Crippen molar-refractivity contribution in [1.29, 1.82) is 0 Å². The highest BCUT2D eigenvalue weighted by Gasteiger charge is 2.38. The Hall–Kier alpha value is -2.70. The van der Waals surface area contributed by atoms with Gasteiger partial charge in [-0.1, -0.05) is 0 Å². The van der Waals surface area contributed by atoms with Crippen molar-refractivity contribution in [2.24, 2.45) is 7.05 Å². The van der Waals surface area contributed by atoms with Crippen LogP contribution in [0.5, 0.6) is 0 Å². The second-order valence-corrected chi connectivity index (χ2v) is 6.09. The maximum Gasteiger partial charge on any atom is 0.490 e. The van der Waals surface area contributed by atoms with Gasteiger partial charge >= 0.3 is 18.2 Å². The Morgan fingerprint density at radius 2 is 2.08 bits per heavy atom. The molecule has 0 spiro atoms. The monoisotopic (exact) mass is 392 g/mol. The van der Waals surface area contributed by atoms with Crippen molar-refractivity contribution in [3.8, 4) is 0 Å². The molecule has 0 aromatic carbocycles. The van der Waals surface area contributed by atoms with E-state index in [1.165, 1.54) is 11.5 Å². The van der Waals surface area contributed by atoms with Crippen LogP contribution in [0.15, 0.2) is 12.5 Å². The third-order valence-electron chi connectivity index (χ3n) is 3.19. The maximum absolute atomic E-state index is 11.7. The number of nitrogens with zero attached hydrogens (tertiary/aromatic N) is 4. The van der Waals surface area contributed by atoms with Crippen molar-refractivity contribution in [2.75, 3.05) is 5.32 Å². The van der Waals surface area contributed by atoms with Crippen LogP contribution >= 0.6 is 11.5 Å². The molecule has 0 saturated heterocycles. The number of rotatable bonds is 4. The highest BCUT2D eigenvalue weighted by molar-refractivity contribution is 7.09. The lowest BCUT2D eigenvalue weighted by molar-refractivity contribution is -0.192. The summed E-state index contributed by atoms with van der Waals surface area (Å²) in [5, 5.41) is 13.1. The zero-order valence-corrected chi connectivity index (χ0v) is 14.3. The topological polar surface area (TPSA) is 122 Å². The van der Waals surface area contributed by atoms with Crippen LogP contribution in [0, 0.1) is 0 Å². The molecular weight excluding hydrogens is 377 g/mol. The fourth-order valence-corrected chi connectivity index (χ4v) is 2.30. The summed E-state index contributed by atoms with van der Waals surface area (Å²) in [6, 6.07) is -0.278. The Bertz CT molecular complexity index is 771. The van der Waals surface area contributed by atoms with Crippen LogP contribution in [0.1, 0.15) is 30.3 Å². The molecule has 3 rings (SSSR count). The van der Waals surface area contributed by atoms with Gasteiger partial charge in [-0.3, -0.25) is 5.32 Å². The number of aliphatic carboxylic acids is 1. The predicted octanol–water partition coefficient (Wildman–Crippen LogP) is 2.10. The SMILES string of the molecule is Cn1cncc1CNC(=O)Nc1nc(C2CC2)ns1.O=C(O)C(F)(F)F. The maximum atomic E-state index is 11.7. The number of hydrogen-bond acceptors (Lipinski definition) is 6. The first-order valence-electron chi connectivity index (χ1n) is 7.30. The van der Waals surface area contributed by atoms with Crippen molar-refractivity contribution < 1.29 is 27.9 Å². The Morgan fingerprint density at radius 3 is 2.58 bits per heavy atom. The van der Waals surface area contributed by atoms with Gasteiger partial charge in [-0.15, -0.1) is 0 Å². The zero-order valence-electron chi connectivity index (χ0n) is 13.4. The number of imidazole rings is 1. The van der Waals surface area contributed by atoms with E-state index >= 15 is 0 Å². The van der Waals surface area contributed by atoms with Crippen LogP contribution in [0.25, 0.3) is 0 Å². The van der Waals surface area contributed by atoms with Crippen LogP contribution in [0.4, 0.5) is 23.1 Å². The van der Waals surface area contributed by atoms with Crippen molar-refractivity contribution in [3.63, 3.8) is 0 Å². The number of halogens is 3. The minimum atomic E-state index is -5.08. The van der Waals surface area contributed by atoms with Crippen molar-refractivity contribution >= 4 is 28.7 Å². The number of amides is 2. The lowest BCUT2D eigenvalue weighted by Gasteiger charge is -2.05. The fourth-order valence-electron chi connectivity index (χ4n) is 1.66. The summed E-state index contributed by atoms with van der Waals surface area (Å²) < 4.78 is 37.8. The molecule has 0 radical (unpaired) electrons. The van der Waals surface area contributed by atoms with E-state index in [0.717, 1.165) is 24.4 Å². The predicted molar refractivity (Wildman–Crippen MR) is 84.6 cm³/mol. The lowest BCUT2D eigenvalue weighted by atomic mass is 10.4. The third kappa shape index (κ3) is 5.98. The number of carbonyl (C=O) groups excluding carboxylic acids is 1. The highest BCUT2D eigenvalue weighted by Crippen LogP contribution is 2.39. The van der Waals surface area contributed by atoms with Gasteiger partial charge in [-0.25, -0.2) is 19.6 Å². The van der Waals surface area contributed by atoms with Gasteiger partial charge in [0.2, 0.25) is 5.13 Å². The van der Waals surface area contributed by atoms with Crippen LogP contribution in [-0.2, 0) is 18.4 Å². The van der Waals surface area contributed by atoms with Gasteiger partial charge in [0.15, 0.2) is 0 Å². The summed E-state index contributed by atoms with van der Waals surface area (Å²) >= 11 is 1.22. The van der Waals surface area contributed by atoms with E-state index in [9.17, 15) is 18.0 Å². The van der Waals surface area contributed by atoms with Crippen molar-refractivity contribution in [2.45, 2.75) is 31.5 Å². The van der Waals surface area contributed by atoms with Gasteiger partial charge in [-0.2, -0.15) is 17.5 Å². The molecule has 1 aliphatic carbocycles. The van der Waals surface area contributed by atoms with E-state index in [1.807, 2.05) is 11.6 Å². The minimum absolute atomic E-state index is 0.278. The second-order valence-electron chi connectivity index (χ2n) is 5.34. The minimum Gasteiger partial charge on any atom is -0.475 e. The number of hydrogen-bond donors (Lipinski definition) is 3. The Labute approximate surface area is 149 Å². The van der Waals surface area contributed by atoms with E-state index in [1.54, 1.807) is 12.5 Å². The standard InChI is InChI=1S/C11H14N6OS.C2HF3O2/c1-17-6-12-4-8(17)5-13-10(18)15-11-14-9(16-19-11)7-2-3-7;3-2(4,5)1(6)7/h4,6-7H,2-3,5H2,1H3,(H2,13,14,15,16,18);(H,6,7). The summed E-state index contributed by atoms with van der Waals surface area (Å²) in [6.07, 6.45) is 0.643. The molecule has 142 valence electrons. The molecule has 26 heavy (non-hydrogen) atoms. The summed E-state index contributed by atoms with van der Waals surface area (Å²) in [6.45, 7) is 0.427. The molecule has 2 amide bonds. The molecule has 13 heteroatoms. The van der Waals surface area contributed by atoms with Gasteiger partial charge in [0.1, 0.15) is 5.82 Å². The van der Waals surface area contributed by atoms with Crippen LogP contribution in [0.2, 0.25) is 0 Å². The molecule has 9 nitrogen and oxygen atoms in total. The molecule has 0 aliphatic heterocycles. The Kier molecular flexibility index (Phi) is 6.13. The number of carbonyl (C=O) groups is 2. The summed E-state index contributed by atoms with van der Waals surface area (Å²) in [4.78, 5) is 28.9. The largest absolute Gasteiger partial charge is 0.490 e. The summed E-state index contributed by atoms with van der Waals surface area (Å²) in [7, 11) is 1.88. The number of aromatic nitrogens is 4. The van der Waals surface area contributed by atoms with Gasteiger partial charge in [-0.05, 0) is 12.8 Å². The molecular formula is C13H15F3N6O3S. The highest BCUT2D eigenvalue weighted by atomic mass is 32.1. The molecule has 0 unspecified atom stereocenters. The first-order chi connectivity index (χ1) is 12.2. The van der Waals surface area contributed by atoms with Gasteiger partial charge < -0.3 is 15.0 Å². The quantitative estimate of drug-likeness (QED) is 0.733. The van der Waals surface area contributed by atoms with Gasteiger partial charge in [0, 0.05) is 30.7 Å². The number of aryl methyl sites for hydroxylation is 1. The molecule has 3 N–H and O–H groups in total. The first kappa shape index (κ1) is 19.6. The smallest absolute Gasteiger partial charge is 0.475 e. The average Bonchev–Trinajstić information content (AvgIpc) is 3.16. The summed E-state index contributed by atoms with van der Waals surface area (Å²) in [5.41, 5.74) is 0.936. The fraction of sp³-hybridized carbons (Fsp3) is 0.462. The summed E-state index contributed by atoms with van der Waals surface area (Å²) in [5.74, 6) is -1.40. The molecule has 0 atom stereocenters. The first-order valence-corrected chi connectivity index (χ1v) is 8.08. The van der Waals surface area contributed by atoms with E-state index in [4.69, 9.17) is 9.90 Å². The molecule has 2 heterocycles. The Balaban J connectivity index is 0.000000298. The number of nitrogens with one attached hydrogen (secondary N) is 2. The van der Waals surface area contributed by atoms with E-state index in [2.05, 4.69) is 25.0 Å². The molecule has 1 saturated carbocycles. The van der Waals surface area contributed by atoms with Crippen molar-refractivity contribution in [1.82, 2.24) is 24.2 Å². The van der Waals surface area contributed by atoms with E-state index in [0.29, 0.717) is 17.6 Å². The average molecular weight is 392 g/mol. The van der Waals surface area contributed by atoms with Crippen LogP contribution in [-0.4, -0.2) is 42.2 Å². The lowest BCUT2D eigenvalue weighted by Crippen LogP contribution is -2.28. The number of urea groups is 1. The molecule has 2 aromatic heterocycles. The number of alkyl halides is 3. The van der Waals surface area contributed by atoms with Gasteiger partial charge in [0.25, 0.3) is 0 Å². The van der Waals surface area contributed by atoms with Crippen molar-refractivity contribution in [3.05, 3.63) is 24.0 Å². The Morgan fingerprint density at radius 1 is 1.42 bits per heavy atom. The number of anilines is 1.